The fourth-order valence-electron chi connectivity index (χ4n) is 1.21. The summed E-state index contributed by atoms with van der Waals surface area (Å²) in [5.74, 6) is -1.02. The summed E-state index contributed by atoms with van der Waals surface area (Å²) in [4.78, 5) is 15.0. The van der Waals surface area contributed by atoms with Crippen molar-refractivity contribution < 1.29 is 9.90 Å². The summed E-state index contributed by atoms with van der Waals surface area (Å²) in [6.45, 7) is 1.74. The molecule has 1 N–H and O–H groups in total. The van der Waals surface area contributed by atoms with E-state index in [0.29, 0.717) is 15.8 Å². The molecule has 0 aliphatic carbocycles. The number of aromatic carboxylic acids is 1. The summed E-state index contributed by atoms with van der Waals surface area (Å²) in [7, 11) is 0. The predicted molar refractivity (Wildman–Crippen MR) is 52.4 cm³/mol. The average molecular weight is 256 g/mol. The van der Waals surface area contributed by atoms with E-state index in [-0.39, 0.29) is 5.69 Å². The molecule has 2 heterocycles. The average Bonchev–Trinajstić information content (AvgIpc) is 2.47. The lowest BCUT2D eigenvalue weighted by Gasteiger charge is -2.00. The second-order valence-corrected chi connectivity index (χ2v) is 3.67. The topological polar surface area (TPSA) is 67.5 Å². The van der Waals surface area contributed by atoms with Gasteiger partial charge in [0, 0.05) is 5.69 Å². The third-order valence-corrected chi connectivity index (χ3v) is 2.34. The van der Waals surface area contributed by atoms with Crippen LogP contribution >= 0.6 is 15.9 Å². The molecular weight excluding hydrogens is 250 g/mol. The Hall–Kier alpha value is -1.43. The number of fused-ring (bicyclic) bond motifs is 1. The van der Waals surface area contributed by atoms with E-state index >= 15 is 0 Å². The first-order valence-electron chi connectivity index (χ1n) is 3.84. The molecule has 0 aliphatic heterocycles. The minimum absolute atomic E-state index is 0.109. The van der Waals surface area contributed by atoms with Crippen molar-refractivity contribution in [3.63, 3.8) is 0 Å². The molecule has 0 aliphatic rings. The Kier molecular flexibility index (Phi) is 1.99. The van der Waals surface area contributed by atoms with Crippen LogP contribution in [0, 0.1) is 6.92 Å². The summed E-state index contributed by atoms with van der Waals surface area (Å²) in [5.41, 5.74) is 1.27. The molecule has 6 heteroatoms. The van der Waals surface area contributed by atoms with Crippen LogP contribution in [0.4, 0.5) is 0 Å². The molecule has 14 heavy (non-hydrogen) atoms. The van der Waals surface area contributed by atoms with Crippen LogP contribution in [0.5, 0.6) is 0 Å². The molecule has 2 rings (SSSR count). The van der Waals surface area contributed by atoms with Crippen LogP contribution in [0.25, 0.3) is 5.65 Å². The SMILES string of the molecule is Cc1cc(C(=O)O)n2ncc(Br)c2n1. The largest absolute Gasteiger partial charge is 0.477 e. The van der Waals surface area contributed by atoms with Gasteiger partial charge in [-0.2, -0.15) is 5.10 Å². The third-order valence-electron chi connectivity index (χ3n) is 1.78. The number of aromatic nitrogens is 3. The van der Waals surface area contributed by atoms with Gasteiger partial charge in [-0.05, 0) is 28.9 Å². The van der Waals surface area contributed by atoms with Gasteiger partial charge < -0.3 is 5.11 Å². The Bertz CT molecular complexity index is 521. The van der Waals surface area contributed by atoms with E-state index in [4.69, 9.17) is 5.11 Å². The van der Waals surface area contributed by atoms with Crippen LogP contribution in [-0.2, 0) is 0 Å². The second-order valence-electron chi connectivity index (χ2n) is 2.82. The van der Waals surface area contributed by atoms with Gasteiger partial charge in [-0.1, -0.05) is 0 Å². The minimum atomic E-state index is -1.02. The van der Waals surface area contributed by atoms with E-state index < -0.39 is 5.97 Å². The highest BCUT2D eigenvalue weighted by Crippen LogP contribution is 2.17. The maximum Gasteiger partial charge on any atom is 0.354 e. The Labute approximate surface area is 87.5 Å². The van der Waals surface area contributed by atoms with Crippen molar-refractivity contribution in [1.29, 1.82) is 0 Å². The summed E-state index contributed by atoms with van der Waals surface area (Å²) >= 11 is 3.25. The first kappa shape index (κ1) is 9.14. The van der Waals surface area contributed by atoms with Gasteiger partial charge in [-0.3, -0.25) is 0 Å². The van der Waals surface area contributed by atoms with Gasteiger partial charge in [0.05, 0.1) is 10.7 Å². The standard InChI is InChI=1S/C8H6BrN3O2/c1-4-2-6(8(13)14)12-7(11-4)5(9)3-10-12/h2-3H,1H3,(H,13,14). The van der Waals surface area contributed by atoms with Crippen LogP contribution in [0.1, 0.15) is 16.2 Å². The zero-order valence-electron chi connectivity index (χ0n) is 7.23. The van der Waals surface area contributed by atoms with Gasteiger partial charge in [0.1, 0.15) is 0 Å². The van der Waals surface area contributed by atoms with E-state index in [1.165, 1.54) is 16.8 Å². The van der Waals surface area contributed by atoms with Crippen molar-refractivity contribution >= 4 is 27.5 Å². The summed E-state index contributed by atoms with van der Waals surface area (Å²) in [6.07, 6.45) is 1.52. The van der Waals surface area contributed by atoms with E-state index in [1.807, 2.05) is 0 Å². The molecule has 0 amide bonds. The molecule has 0 unspecified atom stereocenters. The number of carboxylic acid groups (broad SMARTS) is 1. The number of hydrogen-bond acceptors (Lipinski definition) is 3. The van der Waals surface area contributed by atoms with E-state index in [1.54, 1.807) is 6.92 Å². The lowest BCUT2D eigenvalue weighted by Crippen LogP contribution is -2.08. The highest BCUT2D eigenvalue weighted by atomic mass is 79.9. The maximum absolute atomic E-state index is 10.9. The Balaban J connectivity index is 2.88. The van der Waals surface area contributed by atoms with E-state index in [9.17, 15) is 4.79 Å². The zero-order chi connectivity index (χ0) is 10.3. The van der Waals surface area contributed by atoms with Gasteiger partial charge >= 0.3 is 5.97 Å². The maximum atomic E-state index is 10.9. The quantitative estimate of drug-likeness (QED) is 0.839. The summed E-state index contributed by atoms with van der Waals surface area (Å²) in [6, 6.07) is 1.48. The molecule has 2 aromatic rings. The summed E-state index contributed by atoms with van der Waals surface area (Å²) < 4.78 is 1.98. The van der Waals surface area contributed by atoms with Crippen LogP contribution in [-0.4, -0.2) is 25.7 Å². The zero-order valence-corrected chi connectivity index (χ0v) is 8.82. The van der Waals surface area contributed by atoms with E-state index in [2.05, 4.69) is 26.0 Å². The van der Waals surface area contributed by atoms with Crippen LogP contribution < -0.4 is 0 Å². The lowest BCUT2D eigenvalue weighted by molar-refractivity contribution is 0.0687. The van der Waals surface area contributed by atoms with Crippen LogP contribution in [0.2, 0.25) is 0 Å². The normalized spacial score (nSPS) is 10.7. The molecular formula is C8H6BrN3O2. The fourth-order valence-corrected chi connectivity index (χ4v) is 1.56. The van der Waals surface area contributed by atoms with E-state index in [0.717, 1.165) is 0 Å². The molecule has 0 bridgehead atoms. The molecule has 2 aromatic heterocycles. The highest BCUT2D eigenvalue weighted by Gasteiger charge is 2.13. The molecule has 0 spiro atoms. The molecule has 5 nitrogen and oxygen atoms in total. The number of rotatable bonds is 1. The third kappa shape index (κ3) is 1.27. The number of carboxylic acids is 1. The van der Waals surface area contributed by atoms with Gasteiger partial charge in [0.25, 0.3) is 0 Å². The van der Waals surface area contributed by atoms with Gasteiger partial charge in [-0.25, -0.2) is 14.3 Å². The van der Waals surface area contributed by atoms with Crippen molar-refractivity contribution in [2.24, 2.45) is 0 Å². The van der Waals surface area contributed by atoms with Crippen molar-refractivity contribution in [3.05, 3.63) is 28.1 Å². The van der Waals surface area contributed by atoms with Crippen molar-refractivity contribution in [1.82, 2.24) is 14.6 Å². The Morgan fingerprint density at radius 2 is 2.36 bits per heavy atom. The molecule has 0 radical (unpaired) electrons. The van der Waals surface area contributed by atoms with Gasteiger partial charge in [-0.15, -0.1) is 0 Å². The Morgan fingerprint density at radius 3 is 3.00 bits per heavy atom. The number of halogens is 1. The van der Waals surface area contributed by atoms with Crippen molar-refractivity contribution in [3.8, 4) is 0 Å². The summed E-state index contributed by atoms with van der Waals surface area (Å²) in [5, 5.41) is 12.8. The van der Waals surface area contributed by atoms with Gasteiger partial charge in [0.2, 0.25) is 0 Å². The fraction of sp³-hybridized carbons (Fsp3) is 0.125. The second kappa shape index (κ2) is 3.06. The first-order valence-corrected chi connectivity index (χ1v) is 4.63. The molecule has 0 atom stereocenters. The Morgan fingerprint density at radius 1 is 1.64 bits per heavy atom. The van der Waals surface area contributed by atoms with Crippen LogP contribution in [0.3, 0.4) is 0 Å². The van der Waals surface area contributed by atoms with Crippen LogP contribution in [0.15, 0.2) is 16.7 Å². The number of hydrogen-bond donors (Lipinski definition) is 1. The predicted octanol–water partition coefficient (Wildman–Crippen LogP) is 1.50. The smallest absolute Gasteiger partial charge is 0.354 e. The monoisotopic (exact) mass is 255 g/mol. The first-order chi connectivity index (χ1) is 6.59. The number of carbonyl (C=O) groups is 1. The van der Waals surface area contributed by atoms with Crippen molar-refractivity contribution in [2.75, 3.05) is 0 Å². The number of aryl methyl sites for hydroxylation is 1. The molecule has 0 saturated heterocycles. The molecule has 0 aromatic carbocycles. The highest BCUT2D eigenvalue weighted by molar-refractivity contribution is 9.10. The van der Waals surface area contributed by atoms with Crippen molar-refractivity contribution in [2.45, 2.75) is 6.92 Å². The molecule has 0 saturated carbocycles. The lowest BCUT2D eigenvalue weighted by atomic mass is 10.3. The number of nitrogens with zero attached hydrogens (tertiary/aromatic N) is 3. The van der Waals surface area contributed by atoms with Gasteiger partial charge in [0.15, 0.2) is 11.3 Å². The minimum Gasteiger partial charge on any atom is -0.477 e. The molecule has 72 valence electrons. The molecule has 0 fully saturated rings.